The van der Waals surface area contributed by atoms with E-state index in [1.54, 1.807) is 6.07 Å². The Hall–Kier alpha value is -3.13. The van der Waals surface area contributed by atoms with Gasteiger partial charge in [0.25, 0.3) is 0 Å². The van der Waals surface area contributed by atoms with E-state index >= 15 is 0 Å². The Bertz CT molecular complexity index is 974. The van der Waals surface area contributed by atoms with E-state index in [2.05, 4.69) is 22.5 Å². The number of piperidine rings is 1. The van der Waals surface area contributed by atoms with Crippen molar-refractivity contribution in [1.82, 2.24) is 10.3 Å². The van der Waals surface area contributed by atoms with E-state index in [4.69, 9.17) is 9.47 Å². The van der Waals surface area contributed by atoms with E-state index < -0.39 is 4.92 Å². The predicted molar refractivity (Wildman–Crippen MR) is 114 cm³/mol. The molecule has 0 radical (unpaired) electrons. The van der Waals surface area contributed by atoms with Crippen LogP contribution in [0.15, 0.2) is 41.5 Å². The van der Waals surface area contributed by atoms with Gasteiger partial charge in [0.1, 0.15) is 6.61 Å². The van der Waals surface area contributed by atoms with Crippen molar-refractivity contribution in [2.75, 3.05) is 27.2 Å². The van der Waals surface area contributed by atoms with Crippen molar-refractivity contribution in [1.29, 1.82) is 0 Å². The van der Waals surface area contributed by atoms with Crippen molar-refractivity contribution >= 4 is 11.4 Å². The van der Waals surface area contributed by atoms with Crippen LogP contribution in [0.4, 0.5) is 5.69 Å². The van der Waals surface area contributed by atoms with E-state index in [0.717, 1.165) is 41.9 Å². The van der Waals surface area contributed by atoms with Gasteiger partial charge in [-0.05, 0) is 31.2 Å². The van der Waals surface area contributed by atoms with Gasteiger partial charge in [-0.15, -0.1) is 0 Å². The van der Waals surface area contributed by atoms with E-state index in [1.165, 1.54) is 7.11 Å². The molecule has 2 heterocycles. The number of hydrazone groups is 1. The largest absolute Gasteiger partial charge is 0.493 e. The Morgan fingerprint density at radius 3 is 2.77 bits per heavy atom. The van der Waals surface area contributed by atoms with Crippen LogP contribution < -0.4 is 14.9 Å². The maximum absolute atomic E-state index is 11.9. The normalized spacial score (nSPS) is 20.8. The summed E-state index contributed by atoms with van der Waals surface area (Å²) in [5.41, 5.74) is 7.06. The molecule has 0 bridgehead atoms. The van der Waals surface area contributed by atoms with Crippen molar-refractivity contribution in [3.8, 4) is 11.5 Å². The lowest BCUT2D eigenvalue weighted by atomic mass is 9.86. The van der Waals surface area contributed by atoms with Crippen LogP contribution >= 0.6 is 0 Å². The molecule has 0 aromatic heterocycles. The molecule has 4 rings (SSSR count). The first-order valence-corrected chi connectivity index (χ1v) is 10.0. The number of methoxy groups -OCH3 is 1. The zero-order valence-corrected chi connectivity index (χ0v) is 17.4. The monoisotopic (exact) mass is 410 g/mol. The summed E-state index contributed by atoms with van der Waals surface area (Å²) in [6.07, 6.45) is 0.904. The molecule has 1 fully saturated rings. The van der Waals surface area contributed by atoms with E-state index in [-0.39, 0.29) is 30.0 Å². The van der Waals surface area contributed by atoms with Gasteiger partial charge >= 0.3 is 5.69 Å². The first kappa shape index (κ1) is 20.2. The lowest BCUT2D eigenvalue weighted by Crippen LogP contribution is -2.39. The smallest absolute Gasteiger partial charge is 0.315 e. The average molecular weight is 410 g/mol. The molecule has 2 aromatic carbocycles. The summed E-state index contributed by atoms with van der Waals surface area (Å²) >= 11 is 0. The van der Waals surface area contributed by atoms with E-state index in [9.17, 15) is 10.1 Å². The molecule has 8 heteroatoms. The van der Waals surface area contributed by atoms with Gasteiger partial charge in [-0.25, -0.2) is 0 Å². The fourth-order valence-corrected chi connectivity index (χ4v) is 4.07. The highest BCUT2D eigenvalue weighted by atomic mass is 16.6. The van der Waals surface area contributed by atoms with Crippen molar-refractivity contribution in [2.45, 2.75) is 26.0 Å². The number of likely N-dealkylation sites (tertiary alicyclic amines) is 1. The molecule has 1 saturated heterocycles. The second-order valence-corrected chi connectivity index (χ2v) is 7.93. The van der Waals surface area contributed by atoms with E-state index in [0.29, 0.717) is 5.75 Å². The first-order valence-electron chi connectivity index (χ1n) is 10.0. The Morgan fingerprint density at radius 2 is 2.07 bits per heavy atom. The maximum atomic E-state index is 11.9. The second kappa shape index (κ2) is 8.31. The van der Waals surface area contributed by atoms with Crippen LogP contribution in [-0.2, 0) is 6.61 Å². The number of nitrogens with one attached hydrogen (secondary N) is 1. The molecule has 0 spiro atoms. The number of hydrogen-bond donors (Lipinski definition) is 1. The lowest BCUT2D eigenvalue weighted by Gasteiger charge is -2.31. The van der Waals surface area contributed by atoms with Crippen LogP contribution in [0.5, 0.6) is 11.5 Å². The molecule has 0 amide bonds. The Kier molecular flexibility index (Phi) is 5.59. The van der Waals surface area contributed by atoms with Crippen LogP contribution in [0.25, 0.3) is 0 Å². The Morgan fingerprint density at radius 1 is 1.30 bits per heavy atom. The fourth-order valence-electron chi connectivity index (χ4n) is 4.07. The number of nitro benzene ring substituents is 1. The average Bonchev–Trinajstić information content (AvgIpc) is 3.15. The molecule has 30 heavy (non-hydrogen) atoms. The van der Waals surface area contributed by atoms with Crippen molar-refractivity contribution in [3.05, 3.63) is 63.2 Å². The summed E-state index contributed by atoms with van der Waals surface area (Å²) in [4.78, 5) is 13.7. The highest BCUT2D eigenvalue weighted by Gasteiger charge is 2.37. The van der Waals surface area contributed by atoms with Gasteiger partial charge in [-0.3, -0.25) is 10.1 Å². The summed E-state index contributed by atoms with van der Waals surface area (Å²) in [5, 5.41) is 16.3. The molecular formula is C22H26N4O4. The van der Waals surface area contributed by atoms with Crippen LogP contribution in [0.1, 0.15) is 29.2 Å². The standard InChI is InChI=1S/C22H26N4O4/c1-14-4-6-15(7-5-14)13-30-22-19(26(27)28)10-16(11-20(22)29-3)21-17-12-25(2)9-8-18(17)23-24-21/h4-7,10-11,17,21,24H,8-9,12-13H2,1-3H3. The first-order chi connectivity index (χ1) is 14.5. The van der Waals surface area contributed by atoms with Crippen LogP contribution in [0, 0.1) is 23.0 Å². The summed E-state index contributed by atoms with van der Waals surface area (Å²) in [6, 6.07) is 11.1. The van der Waals surface area contributed by atoms with Crippen molar-refractivity contribution in [2.24, 2.45) is 11.0 Å². The van der Waals surface area contributed by atoms with Crippen LogP contribution in [-0.4, -0.2) is 42.8 Å². The summed E-state index contributed by atoms with van der Waals surface area (Å²) in [5.74, 6) is 0.685. The predicted octanol–water partition coefficient (Wildman–Crippen LogP) is 3.44. The quantitative estimate of drug-likeness (QED) is 0.580. The Balaban J connectivity index is 1.63. The SMILES string of the molecule is COc1cc(C2NN=C3CCN(C)CC32)cc([N+](=O)[O-])c1OCc1ccc(C)cc1. The molecular weight excluding hydrogens is 384 g/mol. The van der Waals surface area contributed by atoms with Crippen LogP contribution in [0.3, 0.4) is 0 Å². The van der Waals surface area contributed by atoms with Gasteiger partial charge in [0, 0.05) is 37.2 Å². The third-order valence-electron chi connectivity index (χ3n) is 5.77. The molecule has 2 unspecified atom stereocenters. The second-order valence-electron chi connectivity index (χ2n) is 7.93. The van der Waals surface area contributed by atoms with Crippen LogP contribution in [0.2, 0.25) is 0 Å². The summed E-state index contributed by atoms with van der Waals surface area (Å²) in [6.45, 7) is 4.06. The van der Waals surface area contributed by atoms with Crippen molar-refractivity contribution in [3.63, 3.8) is 0 Å². The minimum atomic E-state index is -0.416. The highest BCUT2D eigenvalue weighted by molar-refractivity contribution is 5.90. The third kappa shape index (κ3) is 3.95. The molecule has 158 valence electrons. The number of benzene rings is 2. The molecule has 0 aliphatic carbocycles. The van der Waals surface area contributed by atoms with E-state index in [1.807, 2.05) is 37.3 Å². The summed E-state index contributed by atoms with van der Waals surface area (Å²) in [7, 11) is 3.58. The third-order valence-corrected chi connectivity index (χ3v) is 5.77. The number of aryl methyl sites for hydroxylation is 1. The molecule has 2 aliphatic rings. The minimum Gasteiger partial charge on any atom is -0.493 e. The zero-order valence-electron chi connectivity index (χ0n) is 17.4. The van der Waals surface area contributed by atoms with Gasteiger partial charge in [0.2, 0.25) is 5.75 Å². The molecule has 2 aromatic rings. The maximum Gasteiger partial charge on any atom is 0.315 e. The van der Waals surface area contributed by atoms with Gasteiger partial charge in [-0.1, -0.05) is 29.8 Å². The van der Waals surface area contributed by atoms with Crippen molar-refractivity contribution < 1.29 is 14.4 Å². The fraction of sp³-hybridized carbons (Fsp3) is 0.409. The van der Waals surface area contributed by atoms with Gasteiger partial charge in [0.15, 0.2) is 5.75 Å². The minimum absolute atomic E-state index is 0.101. The number of ether oxygens (including phenoxy) is 2. The summed E-state index contributed by atoms with van der Waals surface area (Å²) < 4.78 is 11.4. The lowest BCUT2D eigenvalue weighted by molar-refractivity contribution is -0.386. The number of fused-ring (bicyclic) bond motifs is 1. The number of nitro groups is 1. The molecule has 2 aliphatic heterocycles. The Labute approximate surface area is 175 Å². The number of hydrogen-bond acceptors (Lipinski definition) is 7. The molecule has 0 saturated carbocycles. The number of nitrogens with zero attached hydrogens (tertiary/aromatic N) is 3. The topological polar surface area (TPSA) is 89.2 Å². The van der Waals surface area contributed by atoms with Gasteiger partial charge in [0.05, 0.1) is 18.1 Å². The number of rotatable bonds is 6. The zero-order chi connectivity index (χ0) is 21.3. The van der Waals surface area contributed by atoms with Gasteiger partial charge < -0.3 is 19.8 Å². The molecule has 8 nitrogen and oxygen atoms in total. The van der Waals surface area contributed by atoms with Gasteiger partial charge in [-0.2, -0.15) is 5.10 Å². The highest BCUT2D eigenvalue weighted by Crippen LogP contribution is 2.43. The molecule has 2 atom stereocenters. The molecule has 1 N–H and O–H groups in total.